The number of urea groups is 1. The van der Waals surface area contributed by atoms with E-state index in [4.69, 9.17) is 4.74 Å². The number of hydrogen-bond donors (Lipinski definition) is 3. The molecule has 3 N–H and O–H groups in total. The van der Waals surface area contributed by atoms with Gasteiger partial charge in [0.2, 0.25) is 0 Å². The number of rotatable bonds is 6. The molecular formula is C20H26N2O3. The van der Waals surface area contributed by atoms with Crippen LogP contribution in [0.1, 0.15) is 41.3 Å². The Morgan fingerprint density at radius 2 is 1.92 bits per heavy atom. The highest BCUT2D eigenvalue weighted by atomic mass is 16.5. The first-order valence-electron chi connectivity index (χ1n) is 8.35. The molecule has 0 aliphatic heterocycles. The maximum absolute atomic E-state index is 12.1. The lowest BCUT2D eigenvalue weighted by Gasteiger charge is -2.19. The van der Waals surface area contributed by atoms with Crippen LogP contribution in [-0.2, 0) is 0 Å². The molecule has 0 spiro atoms. The normalized spacial score (nSPS) is 13.0. The molecule has 0 saturated carbocycles. The summed E-state index contributed by atoms with van der Waals surface area (Å²) < 4.78 is 5.14. The number of nitrogens with one attached hydrogen (secondary N) is 2. The lowest BCUT2D eigenvalue weighted by atomic mass is 9.98. The number of benzene rings is 2. The maximum atomic E-state index is 12.1. The van der Waals surface area contributed by atoms with Gasteiger partial charge in [-0.15, -0.1) is 0 Å². The number of aliphatic hydroxyl groups excluding tert-OH is 1. The summed E-state index contributed by atoms with van der Waals surface area (Å²) in [6.07, 6.45) is -0.795. The van der Waals surface area contributed by atoms with Crippen LogP contribution in [0.5, 0.6) is 5.75 Å². The Bertz CT molecular complexity index is 731. The minimum atomic E-state index is -0.795. The molecule has 134 valence electrons. The summed E-state index contributed by atoms with van der Waals surface area (Å²) in [5.41, 5.74) is 4.15. The van der Waals surface area contributed by atoms with Crippen molar-refractivity contribution >= 4 is 6.03 Å². The summed E-state index contributed by atoms with van der Waals surface area (Å²) in [5.74, 6) is 0.671. The van der Waals surface area contributed by atoms with Gasteiger partial charge in [-0.25, -0.2) is 4.79 Å². The van der Waals surface area contributed by atoms with E-state index in [2.05, 4.69) is 23.6 Å². The Labute approximate surface area is 149 Å². The molecule has 0 radical (unpaired) electrons. The van der Waals surface area contributed by atoms with E-state index in [1.54, 1.807) is 25.3 Å². The van der Waals surface area contributed by atoms with Crippen LogP contribution in [0, 0.1) is 13.8 Å². The Kier molecular flexibility index (Phi) is 6.42. The van der Waals surface area contributed by atoms with Gasteiger partial charge < -0.3 is 20.5 Å². The van der Waals surface area contributed by atoms with Gasteiger partial charge in [0.15, 0.2) is 0 Å². The van der Waals surface area contributed by atoms with Crippen molar-refractivity contribution in [3.8, 4) is 5.75 Å². The molecule has 0 aromatic heterocycles. The zero-order valence-corrected chi connectivity index (χ0v) is 15.2. The summed E-state index contributed by atoms with van der Waals surface area (Å²) in [6.45, 7) is 6.17. The highest BCUT2D eigenvalue weighted by molar-refractivity contribution is 5.74. The fraction of sp³-hybridized carbons (Fsp3) is 0.350. The van der Waals surface area contributed by atoms with Crippen molar-refractivity contribution < 1.29 is 14.6 Å². The molecule has 0 aliphatic rings. The second-order valence-electron chi connectivity index (χ2n) is 6.16. The van der Waals surface area contributed by atoms with Gasteiger partial charge >= 0.3 is 6.03 Å². The second kappa shape index (κ2) is 8.53. The van der Waals surface area contributed by atoms with E-state index < -0.39 is 6.10 Å². The van der Waals surface area contributed by atoms with E-state index in [0.29, 0.717) is 11.3 Å². The van der Waals surface area contributed by atoms with Gasteiger partial charge in [-0.3, -0.25) is 0 Å². The average molecular weight is 342 g/mol. The van der Waals surface area contributed by atoms with Crippen molar-refractivity contribution in [2.45, 2.75) is 32.9 Å². The second-order valence-corrected chi connectivity index (χ2v) is 6.16. The SMILES string of the molecule is COc1cccc(C(O)CNC(=O)NC(C)c2cccc(C)c2C)c1. The first-order valence-corrected chi connectivity index (χ1v) is 8.35. The molecular weight excluding hydrogens is 316 g/mol. The van der Waals surface area contributed by atoms with Gasteiger partial charge in [0.05, 0.1) is 19.3 Å². The van der Waals surface area contributed by atoms with Gasteiger partial charge in [-0.05, 0) is 55.2 Å². The quantitative estimate of drug-likeness (QED) is 0.753. The predicted molar refractivity (Wildman–Crippen MR) is 98.8 cm³/mol. The standard InChI is InChI=1S/C20H26N2O3/c1-13-7-5-10-18(14(13)2)15(3)22-20(24)21-12-19(23)16-8-6-9-17(11-16)25-4/h5-11,15,19,23H,12H2,1-4H3,(H2,21,22,24). The van der Waals surface area contributed by atoms with Gasteiger partial charge in [0, 0.05) is 6.54 Å². The average Bonchev–Trinajstić information content (AvgIpc) is 2.61. The first kappa shape index (κ1) is 18.8. The van der Waals surface area contributed by atoms with Crippen molar-refractivity contribution in [1.29, 1.82) is 0 Å². The monoisotopic (exact) mass is 342 g/mol. The lowest BCUT2D eigenvalue weighted by Crippen LogP contribution is -2.39. The number of methoxy groups -OCH3 is 1. The highest BCUT2D eigenvalue weighted by Gasteiger charge is 2.14. The number of carbonyl (C=O) groups is 1. The summed E-state index contributed by atoms with van der Waals surface area (Å²) in [6, 6.07) is 12.8. The molecule has 2 rings (SSSR count). The van der Waals surface area contributed by atoms with Crippen LogP contribution in [0.25, 0.3) is 0 Å². The van der Waals surface area contributed by atoms with Crippen molar-refractivity contribution in [2.75, 3.05) is 13.7 Å². The van der Waals surface area contributed by atoms with Crippen LogP contribution >= 0.6 is 0 Å². The van der Waals surface area contributed by atoms with E-state index in [1.807, 2.05) is 32.0 Å². The summed E-state index contributed by atoms with van der Waals surface area (Å²) >= 11 is 0. The van der Waals surface area contributed by atoms with E-state index in [0.717, 1.165) is 5.56 Å². The zero-order valence-electron chi connectivity index (χ0n) is 15.2. The smallest absolute Gasteiger partial charge is 0.315 e. The van der Waals surface area contributed by atoms with Crippen LogP contribution < -0.4 is 15.4 Å². The van der Waals surface area contributed by atoms with Crippen LogP contribution in [0.4, 0.5) is 4.79 Å². The summed E-state index contributed by atoms with van der Waals surface area (Å²) in [4.78, 5) is 12.1. The number of amides is 2. The third-order valence-electron chi connectivity index (χ3n) is 4.40. The molecule has 0 heterocycles. The van der Waals surface area contributed by atoms with Crippen molar-refractivity contribution in [3.63, 3.8) is 0 Å². The van der Waals surface area contributed by atoms with Crippen LogP contribution in [-0.4, -0.2) is 24.8 Å². The Morgan fingerprint density at radius 3 is 2.64 bits per heavy atom. The lowest BCUT2D eigenvalue weighted by molar-refractivity contribution is 0.172. The van der Waals surface area contributed by atoms with Crippen molar-refractivity contribution in [2.24, 2.45) is 0 Å². The van der Waals surface area contributed by atoms with E-state index in [-0.39, 0.29) is 18.6 Å². The largest absolute Gasteiger partial charge is 0.497 e. The molecule has 5 nitrogen and oxygen atoms in total. The van der Waals surface area contributed by atoms with Gasteiger partial charge in [-0.1, -0.05) is 30.3 Å². The predicted octanol–water partition coefficient (Wildman–Crippen LogP) is 3.41. The third-order valence-corrected chi connectivity index (χ3v) is 4.40. The van der Waals surface area contributed by atoms with Gasteiger partial charge in [-0.2, -0.15) is 0 Å². The Hall–Kier alpha value is -2.53. The zero-order chi connectivity index (χ0) is 18.4. The summed E-state index contributed by atoms with van der Waals surface area (Å²) in [5, 5.41) is 15.8. The number of aliphatic hydroxyl groups is 1. The Balaban J connectivity index is 1.90. The van der Waals surface area contributed by atoms with Crippen LogP contribution in [0.15, 0.2) is 42.5 Å². The molecule has 2 amide bonds. The fourth-order valence-electron chi connectivity index (χ4n) is 2.72. The minimum absolute atomic E-state index is 0.117. The van der Waals surface area contributed by atoms with E-state index >= 15 is 0 Å². The third kappa shape index (κ3) is 4.97. The molecule has 0 bridgehead atoms. The first-order chi connectivity index (χ1) is 11.9. The molecule has 5 heteroatoms. The van der Waals surface area contributed by atoms with Crippen molar-refractivity contribution in [3.05, 3.63) is 64.7 Å². The molecule has 2 unspecified atom stereocenters. The van der Waals surface area contributed by atoms with Crippen LogP contribution in [0.3, 0.4) is 0 Å². The molecule has 2 aromatic carbocycles. The van der Waals surface area contributed by atoms with Gasteiger partial charge in [0.1, 0.15) is 5.75 Å². The molecule has 0 fully saturated rings. The molecule has 0 saturated heterocycles. The number of ether oxygens (including phenoxy) is 1. The maximum Gasteiger partial charge on any atom is 0.315 e. The van der Waals surface area contributed by atoms with E-state index in [9.17, 15) is 9.90 Å². The van der Waals surface area contributed by atoms with Crippen LogP contribution in [0.2, 0.25) is 0 Å². The van der Waals surface area contributed by atoms with E-state index in [1.165, 1.54) is 11.1 Å². The molecule has 2 aromatic rings. The molecule has 2 atom stereocenters. The topological polar surface area (TPSA) is 70.6 Å². The number of aryl methyl sites for hydroxylation is 1. The number of carbonyl (C=O) groups excluding carboxylic acids is 1. The minimum Gasteiger partial charge on any atom is -0.497 e. The summed E-state index contributed by atoms with van der Waals surface area (Å²) in [7, 11) is 1.58. The Morgan fingerprint density at radius 1 is 1.20 bits per heavy atom. The van der Waals surface area contributed by atoms with Crippen molar-refractivity contribution in [1.82, 2.24) is 10.6 Å². The molecule has 0 aliphatic carbocycles. The highest BCUT2D eigenvalue weighted by Crippen LogP contribution is 2.20. The molecule has 25 heavy (non-hydrogen) atoms. The number of hydrogen-bond acceptors (Lipinski definition) is 3. The fourth-order valence-corrected chi connectivity index (χ4v) is 2.72. The van der Waals surface area contributed by atoms with Gasteiger partial charge in [0.25, 0.3) is 0 Å².